The smallest absolute Gasteiger partial charge is 0.259 e. The first-order valence-electron chi connectivity index (χ1n) is 9.73. The monoisotopic (exact) mass is 491 g/mol. The number of carbonyl (C=O) groups is 2. The van der Waals surface area contributed by atoms with Crippen LogP contribution in [0.1, 0.15) is 35.7 Å². The molecule has 9 heteroatoms. The number of nitrogens with zero attached hydrogens (tertiary/aromatic N) is 1. The first-order chi connectivity index (χ1) is 15.0. The lowest BCUT2D eigenvalue weighted by molar-refractivity contribution is -0.120. The molecule has 31 heavy (non-hydrogen) atoms. The summed E-state index contributed by atoms with van der Waals surface area (Å²) in [6.45, 7) is 2.54. The van der Waals surface area contributed by atoms with Gasteiger partial charge in [-0.2, -0.15) is 5.10 Å². The lowest BCUT2D eigenvalue weighted by Gasteiger charge is -2.09. The molecule has 8 nitrogen and oxygen atoms in total. The molecule has 0 unspecified atom stereocenters. The number of benzene rings is 2. The minimum absolute atomic E-state index is 0.224. The zero-order chi connectivity index (χ0) is 22.6. The number of halogens is 1. The maximum Gasteiger partial charge on any atom is 0.259 e. The number of carbonyl (C=O) groups excluding carboxylic acids is 2. The highest BCUT2D eigenvalue weighted by atomic mass is 79.9. The lowest BCUT2D eigenvalue weighted by Crippen LogP contribution is -2.34. The summed E-state index contributed by atoms with van der Waals surface area (Å²) >= 11 is 3.46. The Kier molecular flexibility index (Phi) is 9.83. The number of unbranched alkanes of at least 4 members (excludes halogenated alkanes) is 1. The number of rotatable bonds is 11. The predicted molar refractivity (Wildman–Crippen MR) is 122 cm³/mol. The molecule has 0 saturated heterocycles. The molecular formula is C22H26BrN3O5. The van der Waals surface area contributed by atoms with Crippen molar-refractivity contribution >= 4 is 34.0 Å². The second-order valence-electron chi connectivity index (χ2n) is 6.44. The van der Waals surface area contributed by atoms with Crippen LogP contribution in [-0.4, -0.2) is 45.4 Å². The van der Waals surface area contributed by atoms with Crippen molar-refractivity contribution in [2.75, 3.05) is 27.4 Å². The highest BCUT2D eigenvalue weighted by molar-refractivity contribution is 9.10. The molecule has 0 aromatic heterocycles. The van der Waals surface area contributed by atoms with Crippen LogP contribution in [0.25, 0.3) is 0 Å². The number of nitrogens with one attached hydrogen (secondary N) is 2. The van der Waals surface area contributed by atoms with E-state index in [1.165, 1.54) is 26.5 Å². The topological polar surface area (TPSA) is 98.2 Å². The third-order valence-corrected chi connectivity index (χ3v) is 4.79. The van der Waals surface area contributed by atoms with Crippen LogP contribution in [0.3, 0.4) is 0 Å². The predicted octanol–water partition coefficient (Wildman–Crippen LogP) is 3.53. The summed E-state index contributed by atoms with van der Waals surface area (Å²) in [4.78, 5) is 24.2. The van der Waals surface area contributed by atoms with Gasteiger partial charge in [-0.15, -0.1) is 0 Å². The van der Waals surface area contributed by atoms with E-state index in [-0.39, 0.29) is 6.54 Å². The van der Waals surface area contributed by atoms with Gasteiger partial charge >= 0.3 is 0 Å². The largest absolute Gasteiger partial charge is 0.493 e. The molecule has 0 radical (unpaired) electrons. The molecule has 0 bridgehead atoms. The van der Waals surface area contributed by atoms with Crippen molar-refractivity contribution in [3.8, 4) is 17.2 Å². The van der Waals surface area contributed by atoms with Crippen LogP contribution >= 0.6 is 15.9 Å². The maximum absolute atomic E-state index is 12.2. The van der Waals surface area contributed by atoms with Crippen LogP contribution < -0.4 is 25.0 Å². The van der Waals surface area contributed by atoms with Crippen LogP contribution in [0.4, 0.5) is 0 Å². The molecular weight excluding hydrogens is 466 g/mol. The van der Waals surface area contributed by atoms with Gasteiger partial charge in [0.15, 0.2) is 11.5 Å². The summed E-state index contributed by atoms with van der Waals surface area (Å²) in [5, 5.41) is 6.45. The van der Waals surface area contributed by atoms with Crippen LogP contribution in [-0.2, 0) is 4.79 Å². The van der Waals surface area contributed by atoms with Gasteiger partial charge in [-0.25, -0.2) is 5.43 Å². The Balaban J connectivity index is 1.83. The van der Waals surface area contributed by atoms with E-state index in [1.807, 2.05) is 18.2 Å². The van der Waals surface area contributed by atoms with E-state index in [2.05, 4.69) is 38.7 Å². The normalized spacial score (nSPS) is 10.6. The quantitative estimate of drug-likeness (QED) is 0.284. The van der Waals surface area contributed by atoms with Gasteiger partial charge in [0.25, 0.3) is 11.8 Å². The highest BCUT2D eigenvalue weighted by Gasteiger charge is 2.11. The van der Waals surface area contributed by atoms with Gasteiger partial charge in [0.2, 0.25) is 0 Å². The average molecular weight is 492 g/mol. The van der Waals surface area contributed by atoms with Crippen LogP contribution in [0.5, 0.6) is 17.2 Å². The first-order valence-corrected chi connectivity index (χ1v) is 10.5. The van der Waals surface area contributed by atoms with Gasteiger partial charge in [-0.05, 0) is 64.3 Å². The maximum atomic E-state index is 12.2. The molecule has 0 atom stereocenters. The summed E-state index contributed by atoms with van der Waals surface area (Å²) in [6, 6.07) is 10.3. The third-order valence-electron chi connectivity index (χ3n) is 4.17. The third kappa shape index (κ3) is 7.60. The van der Waals surface area contributed by atoms with E-state index in [4.69, 9.17) is 14.2 Å². The van der Waals surface area contributed by atoms with E-state index in [1.54, 1.807) is 12.1 Å². The number of methoxy groups -OCH3 is 2. The molecule has 2 aromatic carbocycles. The van der Waals surface area contributed by atoms with Crippen molar-refractivity contribution in [2.24, 2.45) is 5.10 Å². The number of amides is 2. The van der Waals surface area contributed by atoms with Gasteiger partial charge in [0.05, 0.1) is 38.1 Å². The molecule has 0 aliphatic rings. The molecule has 2 amide bonds. The Morgan fingerprint density at radius 3 is 2.48 bits per heavy atom. The summed E-state index contributed by atoms with van der Waals surface area (Å²) in [6.07, 6.45) is 3.57. The molecule has 0 fully saturated rings. The summed E-state index contributed by atoms with van der Waals surface area (Å²) in [7, 11) is 2.99. The van der Waals surface area contributed by atoms with Crippen molar-refractivity contribution in [3.63, 3.8) is 0 Å². The Hall–Kier alpha value is -3.07. The molecule has 2 aromatic rings. The number of hydrogen-bond donors (Lipinski definition) is 2. The summed E-state index contributed by atoms with van der Waals surface area (Å²) in [5.74, 6) is 0.828. The minimum Gasteiger partial charge on any atom is -0.493 e. The molecule has 2 N–H and O–H groups in total. The molecule has 166 valence electrons. The second kappa shape index (κ2) is 12.6. The number of ether oxygens (including phenoxy) is 3. The standard InChI is InChI=1S/C22H26BrN3O5/c1-4-5-10-31-18-8-6-15(11-17(18)23)13-25-26-21(27)14-24-22(28)16-7-9-19(29-2)20(12-16)30-3/h6-9,11-13H,4-5,10,14H2,1-3H3,(H,24,28)(H,26,27)/b25-13+. The van der Waals surface area contributed by atoms with Gasteiger partial charge in [-0.3, -0.25) is 9.59 Å². The fourth-order valence-corrected chi connectivity index (χ4v) is 3.01. The Bertz CT molecular complexity index is 933. The first kappa shape index (κ1) is 24.2. The van der Waals surface area contributed by atoms with E-state index >= 15 is 0 Å². The van der Waals surface area contributed by atoms with Crippen molar-refractivity contribution in [2.45, 2.75) is 19.8 Å². The SMILES string of the molecule is CCCCOc1ccc(/C=N/NC(=O)CNC(=O)c2ccc(OC)c(OC)c2)cc1Br. The molecule has 2 rings (SSSR count). The fraction of sp³-hybridized carbons (Fsp3) is 0.318. The van der Waals surface area contributed by atoms with Gasteiger partial charge < -0.3 is 19.5 Å². The van der Waals surface area contributed by atoms with Crippen molar-refractivity contribution in [1.82, 2.24) is 10.7 Å². The highest BCUT2D eigenvalue weighted by Crippen LogP contribution is 2.27. The average Bonchev–Trinajstić information content (AvgIpc) is 2.78. The van der Waals surface area contributed by atoms with Crippen LogP contribution in [0, 0.1) is 0 Å². The van der Waals surface area contributed by atoms with Crippen molar-refractivity contribution < 1.29 is 23.8 Å². The van der Waals surface area contributed by atoms with Gasteiger partial charge in [0.1, 0.15) is 5.75 Å². The second-order valence-corrected chi connectivity index (χ2v) is 7.29. The summed E-state index contributed by atoms with van der Waals surface area (Å²) < 4.78 is 16.8. The fourth-order valence-electron chi connectivity index (χ4n) is 2.50. The zero-order valence-electron chi connectivity index (χ0n) is 17.7. The molecule has 0 spiro atoms. The van der Waals surface area contributed by atoms with E-state index < -0.39 is 11.8 Å². The van der Waals surface area contributed by atoms with Crippen molar-refractivity contribution in [3.05, 3.63) is 52.0 Å². The summed E-state index contributed by atoms with van der Waals surface area (Å²) in [5.41, 5.74) is 3.51. The number of hydrogen-bond acceptors (Lipinski definition) is 6. The van der Waals surface area contributed by atoms with E-state index in [0.29, 0.717) is 23.7 Å². The van der Waals surface area contributed by atoms with Crippen LogP contribution in [0.2, 0.25) is 0 Å². The molecule has 0 heterocycles. The zero-order valence-corrected chi connectivity index (χ0v) is 19.3. The number of hydrazone groups is 1. The molecule has 0 aliphatic carbocycles. The Morgan fingerprint density at radius 2 is 1.81 bits per heavy atom. The van der Waals surface area contributed by atoms with Gasteiger partial charge in [0, 0.05) is 5.56 Å². The molecule has 0 saturated carbocycles. The van der Waals surface area contributed by atoms with E-state index in [0.717, 1.165) is 28.6 Å². The van der Waals surface area contributed by atoms with Crippen LogP contribution in [0.15, 0.2) is 46.0 Å². The molecule has 0 aliphatic heterocycles. The van der Waals surface area contributed by atoms with Crippen molar-refractivity contribution in [1.29, 1.82) is 0 Å². The Morgan fingerprint density at radius 1 is 1.06 bits per heavy atom. The van der Waals surface area contributed by atoms with E-state index in [9.17, 15) is 9.59 Å². The minimum atomic E-state index is -0.455. The Labute approximate surface area is 190 Å². The van der Waals surface area contributed by atoms with Gasteiger partial charge in [-0.1, -0.05) is 13.3 Å². The lowest BCUT2D eigenvalue weighted by atomic mass is 10.2.